The van der Waals surface area contributed by atoms with E-state index in [1.165, 1.54) is 19.1 Å². The van der Waals surface area contributed by atoms with Crippen LogP contribution in [0.25, 0.3) is 0 Å². The number of carbonyl (C=O) groups excluding carboxylic acids is 1. The van der Waals surface area contributed by atoms with Crippen LogP contribution < -0.4 is 5.32 Å². The molecule has 2 nitrogen and oxygen atoms in total. The molecule has 0 rings (SSSR count). The third-order valence-corrected chi connectivity index (χ3v) is 0.962. The van der Waals surface area contributed by atoms with Crippen molar-refractivity contribution < 1.29 is 4.79 Å². The van der Waals surface area contributed by atoms with Crippen LogP contribution in [0.15, 0.2) is 36.0 Å². The molecule has 0 aliphatic rings. The summed E-state index contributed by atoms with van der Waals surface area (Å²) in [7, 11) is 0. The van der Waals surface area contributed by atoms with Gasteiger partial charge in [0.25, 0.3) is 0 Å². The summed E-state index contributed by atoms with van der Waals surface area (Å²) in [5.41, 5.74) is 0.553. The van der Waals surface area contributed by atoms with Crippen LogP contribution >= 0.6 is 11.6 Å². The van der Waals surface area contributed by atoms with Crippen molar-refractivity contribution in [2.45, 2.75) is 6.92 Å². The van der Waals surface area contributed by atoms with Crippen LogP contribution in [0, 0.1) is 0 Å². The van der Waals surface area contributed by atoms with Crippen LogP contribution in [0.5, 0.6) is 0 Å². The molecule has 0 radical (unpaired) electrons. The van der Waals surface area contributed by atoms with E-state index in [1.54, 1.807) is 0 Å². The molecule has 0 aliphatic carbocycles. The van der Waals surface area contributed by atoms with E-state index in [9.17, 15) is 4.79 Å². The Bertz CT molecular complexity index is 218. The van der Waals surface area contributed by atoms with E-state index < -0.39 is 0 Å². The number of carbonyl (C=O) groups is 1. The normalized spacial score (nSPS) is 10.5. The molecule has 0 unspecified atom stereocenters. The quantitative estimate of drug-likeness (QED) is 0.647. The standard InChI is InChI=1S/C8H10ClNO/c1-4-8(5-6(2)9)10-7(3)11/h4-5H,1-2H2,3H3,(H,10,11)/b8-5+. The molecule has 1 amide bonds. The lowest BCUT2D eigenvalue weighted by Crippen LogP contribution is -2.17. The van der Waals surface area contributed by atoms with Crippen molar-refractivity contribution >= 4 is 17.5 Å². The Morgan fingerprint density at radius 2 is 2.18 bits per heavy atom. The summed E-state index contributed by atoms with van der Waals surface area (Å²) in [6.45, 7) is 8.34. The van der Waals surface area contributed by atoms with Crippen molar-refractivity contribution in [1.29, 1.82) is 0 Å². The van der Waals surface area contributed by atoms with Crippen LogP contribution in [-0.4, -0.2) is 5.91 Å². The summed E-state index contributed by atoms with van der Waals surface area (Å²) in [6.07, 6.45) is 3.02. The van der Waals surface area contributed by atoms with Crippen molar-refractivity contribution in [2.75, 3.05) is 0 Å². The summed E-state index contributed by atoms with van der Waals surface area (Å²) < 4.78 is 0. The molecule has 60 valence electrons. The Kier molecular flexibility index (Phi) is 4.30. The number of halogens is 1. The zero-order valence-electron chi connectivity index (χ0n) is 6.36. The highest BCUT2D eigenvalue weighted by molar-refractivity contribution is 6.30. The second-order valence-electron chi connectivity index (χ2n) is 1.93. The minimum Gasteiger partial charge on any atom is -0.326 e. The van der Waals surface area contributed by atoms with Crippen molar-refractivity contribution in [3.05, 3.63) is 36.0 Å². The van der Waals surface area contributed by atoms with E-state index in [-0.39, 0.29) is 5.91 Å². The Labute approximate surface area is 71.2 Å². The Balaban J connectivity index is 4.28. The van der Waals surface area contributed by atoms with E-state index in [0.717, 1.165) is 0 Å². The molecule has 3 heteroatoms. The zero-order chi connectivity index (χ0) is 8.85. The number of allylic oxidation sites excluding steroid dienone is 3. The third-order valence-electron chi connectivity index (χ3n) is 0.852. The van der Waals surface area contributed by atoms with E-state index >= 15 is 0 Å². The average Bonchev–Trinajstić information content (AvgIpc) is 1.84. The molecule has 0 aromatic heterocycles. The Morgan fingerprint density at radius 1 is 1.64 bits per heavy atom. The lowest BCUT2D eigenvalue weighted by Gasteiger charge is -2.00. The predicted molar refractivity (Wildman–Crippen MR) is 47.1 cm³/mol. The van der Waals surface area contributed by atoms with Gasteiger partial charge in [0.15, 0.2) is 0 Å². The highest BCUT2D eigenvalue weighted by Crippen LogP contribution is 2.02. The number of nitrogens with one attached hydrogen (secondary N) is 1. The first kappa shape index (κ1) is 9.98. The van der Waals surface area contributed by atoms with Gasteiger partial charge >= 0.3 is 0 Å². The van der Waals surface area contributed by atoms with Crippen molar-refractivity contribution in [1.82, 2.24) is 5.32 Å². The molecular formula is C8H10ClNO. The molecule has 0 aromatic carbocycles. The molecule has 1 N–H and O–H groups in total. The molecule has 0 aromatic rings. The smallest absolute Gasteiger partial charge is 0.221 e. The van der Waals surface area contributed by atoms with Crippen LogP contribution in [0.2, 0.25) is 0 Å². The van der Waals surface area contributed by atoms with Gasteiger partial charge in [-0.15, -0.1) is 0 Å². The Morgan fingerprint density at radius 3 is 2.45 bits per heavy atom. The summed E-state index contributed by atoms with van der Waals surface area (Å²) >= 11 is 5.46. The number of hydrogen-bond donors (Lipinski definition) is 1. The van der Waals surface area contributed by atoms with Crippen LogP contribution in [0.1, 0.15) is 6.92 Å². The number of rotatable bonds is 3. The zero-order valence-corrected chi connectivity index (χ0v) is 7.11. The van der Waals surface area contributed by atoms with Crippen LogP contribution in [0.3, 0.4) is 0 Å². The molecule has 0 saturated carbocycles. The highest BCUT2D eigenvalue weighted by Gasteiger charge is 1.93. The molecule has 0 aliphatic heterocycles. The minimum atomic E-state index is -0.158. The predicted octanol–water partition coefficient (Wildman–Crippen LogP) is 1.94. The molecule has 0 atom stereocenters. The SMILES string of the molecule is C=C/C(=C\C(=C)Cl)NC(C)=O. The van der Waals surface area contributed by atoms with Gasteiger partial charge in [-0.1, -0.05) is 24.8 Å². The third kappa shape index (κ3) is 5.43. The molecular weight excluding hydrogens is 162 g/mol. The van der Waals surface area contributed by atoms with Gasteiger partial charge in [0, 0.05) is 17.7 Å². The van der Waals surface area contributed by atoms with Gasteiger partial charge in [-0.3, -0.25) is 4.79 Å². The first-order chi connectivity index (χ1) is 5.06. The largest absolute Gasteiger partial charge is 0.326 e. The van der Waals surface area contributed by atoms with E-state index in [4.69, 9.17) is 11.6 Å². The number of amides is 1. The summed E-state index contributed by atoms with van der Waals surface area (Å²) in [4.78, 5) is 10.5. The Hall–Kier alpha value is -1.02. The molecule has 11 heavy (non-hydrogen) atoms. The van der Waals surface area contributed by atoms with Gasteiger partial charge in [0.05, 0.1) is 0 Å². The van der Waals surface area contributed by atoms with Gasteiger partial charge < -0.3 is 5.32 Å². The first-order valence-electron chi connectivity index (χ1n) is 3.02. The summed E-state index contributed by atoms with van der Waals surface area (Å²) in [5, 5.41) is 2.87. The number of hydrogen-bond acceptors (Lipinski definition) is 1. The average molecular weight is 172 g/mol. The summed E-state index contributed by atoms with van der Waals surface area (Å²) in [5.74, 6) is -0.158. The highest BCUT2D eigenvalue weighted by atomic mass is 35.5. The molecule has 0 fully saturated rings. The van der Waals surface area contributed by atoms with E-state index in [1.807, 2.05) is 0 Å². The maximum Gasteiger partial charge on any atom is 0.221 e. The van der Waals surface area contributed by atoms with Crippen LogP contribution in [0.4, 0.5) is 0 Å². The van der Waals surface area contributed by atoms with Gasteiger partial charge in [-0.2, -0.15) is 0 Å². The van der Waals surface area contributed by atoms with E-state index in [2.05, 4.69) is 18.5 Å². The fraction of sp³-hybridized carbons (Fsp3) is 0.125. The van der Waals surface area contributed by atoms with Gasteiger partial charge in [-0.05, 0) is 12.2 Å². The topological polar surface area (TPSA) is 29.1 Å². The lowest BCUT2D eigenvalue weighted by atomic mass is 10.3. The molecule has 0 spiro atoms. The van der Waals surface area contributed by atoms with Gasteiger partial charge in [-0.25, -0.2) is 0 Å². The monoisotopic (exact) mass is 171 g/mol. The molecule has 0 saturated heterocycles. The maximum atomic E-state index is 10.5. The fourth-order valence-corrected chi connectivity index (χ4v) is 0.636. The van der Waals surface area contributed by atoms with E-state index in [0.29, 0.717) is 10.7 Å². The van der Waals surface area contributed by atoms with Crippen molar-refractivity contribution in [2.24, 2.45) is 0 Å². The van der Waals surface area contributed by atoms with Crippen LogP contribution in [-0.2, 0) is 4.79 Å². The first-order valence-corrected chi connectivity index (χ1v) is 3.40. The minimum absolute atomic E-state index is 0.158. The van der Waals surface area contributed by atoms with Crippen molar-refractivity contribution in [3.8, 4) is 0 Å². The van der Waals surface area contributed by atoms with Crippen molar-refractivity contribution in [3.63, 3.8) is 0 Å². The maximum absolute atomic E-state index is 10.5. The summed E-state index contributed by atoms with van der Waals surface area (Å²) in [6, 6.07) is 0. The fourth-order valence-electron chi connectivity index (χ4n) is 0.518. The molecule has 0 heterocycles. The van der Waals surface area contributed by atoms with Gasteiger partial charge in [0.2, 0.25) is 5.91 Å². The lowest BCUT2D eigenvalue weighted by molar-refractivity contribution is -0.118. The molecule has 0 bridgehead atoms. The second kappa shape index (κ2) is 4.74. The van der Waals surface area contributed by atoms with Gasteiger partial charge in [0.1, 0.15) is 0 Å². The second-order valence-corrected chi connectivity index (χ2v) is 2.42.